The summed E-state index contributed by atoms with van der Waals surface area (Å²) < 4.78 is 0. The van der Waals surface area contributed by atoms with Gasteiger partial charge in [-0.2, -0.15) is 0 Å². The van der Waals surface area contributed by atoms with Crippen molar-refractivity contribution in [2.75, 3.05) is 13.1 Å². The van der Waals surface area contributed by atoms with Gasteiger partial charge in [0.1, 0.15) is 11.4 Å². The average Bonchev–Trinajstić information content (AvgIpc) is 2.96. The number of rotatable bonds is 3. The number of aliphatic imine (C=N–C) groups is 1. The Balaban J connectivity index is 1.46. The number of hydrogen-bond acceptors (Lipinski definition) is 3. The number of piperidine rings is 1. The van der Waals surface area contributed by atoms with E-state index in [1.54, 1.807) is 12.1 Å². The fraction of sp³-hybridized carbons (Fsp3) is 0.364. The Kier molecular flexibility index (Phi) is 4.79. The minimum absolute atomic E-state index is 0.0971. The van der Waals surface area contributed by atoms with Gasteiger partial charge in [0.15, 0.2) is 0 Å². The molecule has 0 bridgehead atoms. The van der Waals surface area contributed by atoms with E-state index in [0.717, 1.165) is 38.0 Å². The van der Waals surface area contributed by atoms with Crippen LogP contribution < -0.4 is 5.32 Å². The highest BCUT2D eigenvalue weighted by atomic mass is 35.5. The molecule has 4 nitrogen and oxygen atoms in total. The second kappa shape index (κ2) is 7.10. The molecular weight excluding hydrogens is 358 g/mol. The molecule has 2 aliphatic heterocycles. The largest absolute Gasteiger partial charge is 0.326 e. The van der Waals surface area contributed by atoms with E-state index in [0.29, 0.717) is 10.7 Å². The van der Waals surface area contributed by atoms with Crippen LogP contribution in [-0.4, -0.2) is 35.3 Å². The topological polar surface area (TPSA) is 44.7 Å². The van der Waals surface area contributed by atoms with Crippen molar-refractivity contribution >= 4 is 23.2 Å². The van der Waals surface area contributed by atoms with E-state index in [1.807, 2.05) is 12.1 Å². The Bertz CT molecular complexity index is 914. The van der Waals surface area contributed by atoms with E-state index in [-0.39, 0.29) is 5.91 Å². The molecule has 0 aromatic heterocycles. The second-order valence-corrected chi connectivity index (χ2v) is 8.10. The van der Waals surface area contributed by atoms with Crippen LogP contribution in [0.5, 0.6) is 0 Å². The third-order valence-electron chi connectivity index (χ3n) is 5.56. The van der Waals surface area contributed by atoms with Crippen molar-refractivity contribution in [2.45, 2.75) is 38.9 Å². The van der Waals surface area contributed by atoms with Crippen LogP contribution in [0, 0.1) is 13.8 Å². The van der Waals surface area contributed by atoms with Gasteiger partial charge in [-0.1, -0.05) is 47.5 Å². The molecule has 2 aromatic rings. The van der Waals surface area contributed by atoms with Gasteiger partial charge in [-0.3, -0.25) is 14.7 Å². The minimum Gasteiger partial charge on any atom is -0.326 e. The van der Waals surface area contributed by atoms with E-state index in [4.69, 9.17) is 16.6 Å². The van der Waals surface area contributed by atoms with Crippen LogP contribution in [-0.2, 0) is 11.3 Å². The van der Waals surface area contributed by atoms with Crippen molar-refractivity contribution in [3.63, 3.8) is 0 Å². The molecular formula is C22H24ClN3O. The van der Waals surface area contributed by atoms with E-state index < -0.39 is 5.66 Å². The lowest BCUT2D eigenvalue weighted by Gasteiger charge is -2.37. The van der Waals surface area contributed by atoms with E-state index in [1.165, 1.54) is 16.7 Å². The normalized spacial score (nSPS) is 19.2. The number of nitrogens with one attached hydrogen (secondary N) is 1. The zero-order valence-corrected chi connectivity index (χ0v) is 16.5. The summed E-state index contributed by atoms with van der Waals surface area (Å²) in [6.45, 7) is 7.08. The Morgan fingerprint density at radius 3 is 2.63 bits per heavy atom. The molecule has 1 spiro atoms. The molecule has 1 saturated heterocycles. The van der Waals surface area contributed by atoms with Gasteiger partial charge in [0.2, 0.25) is 0 Å². The summed E-state index contributed by atoms with van der Waals surface area (Å²) in [6, 6.07) is 14.0. The van der Waals surface area contributed by atoms with Gasteiger partial charge in [0.05, 0.1) is 0 Å². The van der Waals surface area contributed by atoms with Crippen molar-refractivity contribution < 1.29 is 4.79 Å². The summed E-state index contributed by atoms with van der Waals surface area (Å²) in [5.41, 5.74) is 4.83. The number of amides is 1. The van der Waals surface area contributed by atoms with Crippen LogP contribution in [0.3, 0.4) is 0 Å². The summed E-state index contributed by atoms with van der Waals surface area (Å²) in [4.78, 5) is 19.8. The summed E-state index contributed by atoms with van der Waals surface area (Å²) in [6.07, 6.45) is 1.65. The van der Waals surface area contributed by atoms with Crippen molar-refractivity contribution in [3.05, 3.63) is 69.7 Å². The number of halogens is 1. The maximum atomic E-state index is 12.5. The van der Waals surface area contributed by atoms with Gasteiger partial charge < -0.3 is 5.32 Å². The highest BCUT2D eigenvalue weighted by Crippen LogP contribution is 2.30. The van der Waals surface area contributed by atoms with Crippen LogP contribution in [0.15, 0.2) is 47.5 Å². The number of nitrogens with zero attached hydrogens (tertiary/aromatic N) is 2. The molecule has 2 heterocycles. The molecule has 2 aliphatic rings. The van der Waals surface area contributed by atoms with Crippen LogP contribution >= 0.6 is 11.6 Å². The molecule has 1 fully saturated rings. The first-order valence-electron chi connectivity index (χ1n) is 9.41. The van der Waals surface area contributed by atoms with Gasteiger partial charge >= 0.3 is 0 Å². The predicted octanol–water partition coefficient (Wildman–Crippen LogP) is 3.87. The van der Waals surface area contributed by atoms with Gasteiger partial charge in [0.25, 0.3) is 5.91 Å². The number of hydrogen-bond donors (Lipinski definition) is 1. The van der Waals surface area contributed by atoms with E-state index in [9.17, 15) is 4.79 Å². The number of carbonyl (C=O) groups excluding carboxylic acids is 1. The lowest BCUT2D eigenvalue weighted by Crippen LogP contribution is -2.50. The van der Waals surface area contributed by atoms with Crippen LogP contribution in [0.4, 0.5) is 0 Å². The average molecular weight is 382 g/mol. The molecule has 4 rings (SSSR count). The quantitative estimate of drug-likeness (QED) is 0.877. The van der Waals surface area contributed by atoms with Crippen molar-refractivity contribution in [1.29, 1.82) is 0 Å². The zero-order valence-electron chi connectivity index (χ0n) is 15.8. The molecule has 1 amide bonds. The Labute approximate surface area is 165 Å². The third-order valence-corrected chi connectivity index (χ3v) is 5.80. The van der Waals surface area contributed by atoms with Crippen molar-refractivity contribution in [1.82, 2.24) is 10.2 Å². The molecule has 27 heavy (non-hydrogen) atoms. The maximum absolute atomic E-state index is 12.5. The summed E-state index contributed by atoms with van der Waals surface area (Å²) in [5.74, 6) is -0.0971. The lowest BCUT2D eigenvalue weighted by molar-refractivity contribution is -0.115. The Morgan fingerprint density at radius 1 is 1.15 bits per heavy atom. The Morgan fingerprint density at radius 2 is 1.93 bits per heavy atom. The standard InChI is InChI=1S/C22H24ClN3O/c1-15-6-7-18(16(2)12-15)14-26-10-8-22(9-11-26)24-20(21(27)25-22)17-4-3-5-19(23)13-17/h3-7,12-13H,8-11,14H2,1-2H3,(H,25,27). The predicted molar refractivity (Wildman–Crippen MR) is 109 cm³/mol. The zero-order chi connectivity index (χ0) is 19.0. The van der Waals surface area contributed by atoms with Crippen LogP contribution in [0.1, 0.15) is 35.1 Å². The van der Waals surface area contributed by atoms with Gasteiger partial charge in [-0.25, -0.2) is 0 Å². The Hall–Kier alpha value is -2.17. The molecule has 140 valence electrons. The second-order valence-electron chi connectivity index (χ2n) is 7.66. The SMILES string of the molecule is Cc1ccc(CN2CCC3(CC2)N=C(c2cccc(Cl)c2)C(=O)N3)c(C)c1. The first kappa shape index (κ1) is 18.2. The number of benzene rings is 2. The highest BCUT2D eigenvalue weighted by Gasteiger charge is 2.42. The van der Waals surface area contributed by atoms with E-state index in [2.05, 4.69) is 42.3 Å². The molecule has 0 atom stereocenters. The fourth-order valence-corrected chi connectivity index (χ4v) is 4.17. The third kappa shape index (κ3) is 3.78. The van der Waals surface area contributed by atoms with E-state index >= 15 is 0 Å². The molecule has 1 N–H and O–H groups in total. The van der Waals surface area contributed by atoms with Crippen LogP contribution in [0.2, 0.25) is 5.02 Å². The first-order chi connectivity index (χ1) is 12.9. The molecule has 0 unspecified atom stereocenters. The molecule has 0 radical (unpaired) electrons. The summed E-state index contributed by atoms with van der Waals surface area (Å²) >= 11 is 6.07. The van der Waals surface area contributed by atoms with Crippen LogP contribution in [0.25, 0.3) is 0 Å². The number of aryl methyl sites for hydroxylation is 2. The summed E-state index contributed by atoms with van der Waals surface area (Å²) in [5, 5.41) is 3.75. The van der Waals surface area contributed by atoms with Crippen molar-refractivity contribution in [3.8, 4) is 0 Å². The van der Waals surface area contributed by atoms with Crippen molar-refractivity contribution in [2.24, 2.45) is 4.99 Å². The smallest absolute Gasteiger partial charge is 0.272 e. The molecule has 5 heteroatoms. The molecule has 2 aromatic carbocycles. The number of carbonyl (C=O) groups is 1. The first-order valence-corrected chi connectivity index (χ1v) is 9.79. The highest BCUT2D eigenvalue weighted by molar-refractivity contribution is 6.47. The molecule has 0 saturated carbocycles. The van der Waals surface area contributed by atoms with Gasteiger partial charge in [-0.15, -0.1) is 0 Å². The molecule has 0 aliphatic carbocycles. The monoisotopic (exact) mass is 381 g/mol. The van der Waals surface area contributed by atoms with Gasteiger partial charge in [0, 0.05) is 43.1 Å². The van der Waals surface area contributed by atoms with Gasteiger partial charge in [-0.05, 0) is 37.1 Å². The number of likely N-dealkylation sites (tertiary alicyclic amines) is 1. The summed E-state index contributed by atoms with van der Waals surface area (Å²) in [7, 11) is 0. The lowest BCUT2D eigenvalue weighted by atomic mass is 9.97. The fourth-order valence-electron chi connectivity index (χ4n) is 3.98. The maximum Gasteiger partial charge on any atom is 0.272 e. The minimum atomic E-state index is -0.465.